The van der Waals surface area contributed by atoms with Crippen molar-refractivity contribution in [1.82, 2.24) is 5.32 Å². The maximum Gasteiger partial charge on any atom is 0.586 e. The second-order valence-electron chi connectivity index (χ2n) is 4.57. The van der Waals surface area contributed by atoms with Crippen LogP contribution in [0.5, 0.6) is 11.5 Å². The number of hydrogen-bond acceptors (Lipinski definition) is 6. The highest BCUT2D eigenvalue weighted by Crippen LogP contribution is 2.41. The van der Waals surface area contributed by atoms with Crippen molar-refractivity contribution in [3.63, 3.8) is 0 Å². The van der Waals surface area contributed by atoms with Crippen LogP contribution < -0.4 is 14.8 Å². The smallest absolute Gasteiger partial charge is 0.395 e. The van der Waals surface area contributed by atoms with Crippen LogP contribution in [0.1, 0.15) is 5.56 Å². The Kier molecular flexibility index (Phi) is 3.56. The molecule has 1 aromatic rings. The van der Waals surface area contributed by atoms with Crippen LogP contribution in [0.4, 0.5) is 8.78 Å². The van der Waals surface area contributed by atoms with Crippen molar-refractivity contribution in [3.8, 4) is 11.5 Å². The van der Waals surface area contributed by atoms with Crippen molar-refractivity contribution in [2.45, 2.75) is 6.29 Å². The van der Waals surface area contributed by atoms with Crippen LogP contribution in [0.2, 0.25) is 0 Å². The van der Waals surface area contributed by atoms with E-state index >= 15 is 0 Å². The summed E-state index contributed by atoms with van der Waals surface area (Å²) in [5.74, 6) is -0.807. The summed E-state index contributed by atoms with van der Waals surface area (Å²) >= 11 is 0.825. The Hall–Kier alpha value is -2.14. The fourth-order valence-corrected chi connectivity index (χ4v) is 3.42. The number of carbonyl (C=O) groups is 1. The first kappa shape index (κ1) is 15.7. The fraction of sp³-hybridized carbons (Fsp3) is 0.167. The summed E-state index contributed by atoms with van der Waals surface area (Å²) in [7, 11) is -3.64. The van der Waals surface area contributed by atoms with E-state index in [1.807, 2.05) is 0 Å². The van der Waals surface area contributed by atoms with Crippen LogP contribution in [0.25, 0.3) is 6.08 Å². The minimum absolute atomic E-state index is 0.0731. The number of halogens is 2. The van der Waals surface area contributed by atoms with Gasteiger partial charge < -0.3 is 9.47 Å². The lowest BCUT2D eigenvalue weighted by molar-refractivity contribution is -0.286. The number of thioether (sulfide) groups is 1. The summed E-state index contributed by atoms with van der Waals surface area (Å²) in [6.07, 6.45) is -1.43. The third-order valence-corrected chi connectivity index (χ3v) is 4.16. The number of amidine groups is 1. The molecule has 0 spiro atoms. The van der Waals surface area contributed by atoms with Gasteiger partial charge in [-0.3, -0.25) is 10.1 Å². The van der Waals surface area contributed by atoms with Crippen molar-refractivity contribution in [2.75, 3.05) is 6.26 Å². The molecule has 122 valence electrons. The predicted octanol–water partition coefficient (Wildman–Crippen LogP) is 1.53. The molecule has 0 saturated carbocycles. The molecule has 2 aliphatic heterocycles. The topological polar surface area (TPSA) is 94.1 Å². The number of nitrogens with zero attached hydrogens (tertiary/aromatic N) is 1. The van der Waals surface area contributed by atoms with Gasteiger partial charge in [-0.25, -0.2) is 8.42 Å². The summed E-state index contributed by atoms with van der Waals surface area (Å²) in [5, 5.41) is 2.22. The predicted molar refractivity (Wildman–Crippen MR) is 78.6 cm³/mol. The monoisotopic (exact) mass is 362 g/mol. The molecule has 0 unspecified atom stereocenters. The number of fused-ring (bicyclic) bond motifs is 1. The van der Waals surface area contributed by atoms with E-state index in [1.54, 1.807) is 0 Å². The third-order valence-electron chi connectivity index (χ3n) is 2.62. The number of benzene rings is 1. The van der Waals surface area contributed by atoms with E-state index in [4.69, 9.17) is 0 Å². The molecule has 0 bridgehead atoms. The van der Waals surface area contributed by atoms with Crippen LogP contribution in [0, 0.1) is 0 Å². The van der Waals surface area contributed by atoms with Crippen molar-refractivity contribution in [2.24, 2.45) is 4.40 Å². The summed E-state index contributed by atoms with van der Waals surface area (Å²) in [4.78, 5) is 11.9. The highest BCUT2D eigenvalue weighted by atomic mass is 32.2. The molecule has 0 aliphatic carbocycles. The number of hydrogen-bond donors (Lipinski definition) is 1. The lowest BCUT2D eigenvalue weighted by Gasteiger charge is -2.04. The van der Waals surface area contributed by atoms with E-state index in [1.165, 1.54) is 24.3 Å². The number of sulfonamides is 1. The average Bonchev–Trinajstić information content (AvgIpc) is 2.85. The first-order valence-corrected chi connectivity index (χ1v) is 8.68. The highest BCUT2D eigenvalue weighted by Gasteiger charge is 2.43. The zero-order valence-corrected chi connectivity index (χ0v) is 13.0. The summed E-state index contributed by atoms with van der Waals surface area (Å²) in [6.45, 7) is 0. The minimum atomic E-state index is -3.72. The number of amides is 1. The third kappa shape index (κ3) is 3.62. The molecular formula is C12H8F2N2O5S2. The summed E-state index contributed by atoms with van der Waals surface area (Å²) in [6, 6.07) is 4.02. The molecule has 1 amide bonds. The van der Waals surface area contributed by atoms with Crippen LogP contribution in [0.15, 0.2) is 27.5 Å². The first-order valence-electron chi connectivity index (χ1n) is 6.02. The Morgan fingerprint density at radius 2 is 2.00 bits per heavy atom. The zero-order chi connectivity index (χ0) is 16.8. The fourth-order valence-electron chi connectivity index (χ4n) is 1.83. The number of carbonyl (C=O) groups excluding carboxylic acids is 1. The van der Waals surface area contributed by atoms with Crippen molar-refractivity contribution in [3.05, 3.63) is 28.7 Å². The molecule has 0 radical (unpaired) electrons. The van der Waals surface area contributed by atoms with Gasteiger partial charge in [-0.1, -0.05) is 6.07 Å². The van der Waals surface area contributed by atoms with Gasteiger partial charge in [0.1, 0.15) is 0 Å². The Labute approximate surface area is 133 Å². The van der Waals surface area contributed by atoms with Gasteiger partial charge in [0.25, 0.3) is 15.9 Å². The average molecular weight is 362 g/mol. The molecule has 2 aliphatic rings. The standard InChI is InChI=1S/C12H8F2N2O5S2/c1-23(18,19)16-11-15-10(17)9(22-11)5-6-2-3-7-8(4-6)21-12(13,14)20-7/h2-5H,1H3,(H,15,16,17)/b9-5+. The Morgan fingerprint density at radius 1 is 1.30 bits per heavy atom. The number of nitrogens with one attached hydrogen (secondary N) is 1. The van der Waals surface area contributed by atoms with Crippen LogP contribution in [-0.2, 0) is 14.8 Å². The van der Waals surface area contributed by atoms with E-state index in [0.717, 1.165) is 18.0 Å². The quantitative estimate of drug-likeness (QED) is 0.802. The van der Waals surface area contributed by atoms with Crippen LogP contribution in [0.3, 0.4) is 0 Å². The summed E-state index contributed by atoms with van der Waals surface area (Å²) in [5.41, 5.74) is 0.406. The van der Waals surface area contributed by atoms with Crippen molar-refractivity contribution in [1.29, 1.82) is 0 Å². The molecule has 1 fully saturated rings. The van der Waals surface area contributed by atoms with E-state index < -0.39 is 22.2 Å². The number of rotatable bonds is 2. The van der Waals surface area contributed by atoms with E-state index in [9.17, 15) is 22.0 Å². The van der Waals surface area contributed by atoms with Gasteiger partial charge in [0.2, 0.25) is 0 Å². The van der Waals surface area contributed by atoms with Gasteiger partial charge in [-0.05, 0) is 35.5 Å². The van der Waals surface area contributed by atoms with Gasteiger partial charge in [0.05, 0.1) is 11.2 Å². The lowest BCUT2D eigenvalue weighted by atomic mass is 10.2. The molecule has 23 heavy (non-hydrogen) atoms. The van der Waals surface area contributed by atoms with Gasteiger partial charge in [-0.15, -0.1) is 13.2 Å². The number of ether oxygens (including phenoxy) is 2. The lowest BCUT2D eigenvalue weighted by Crippen LogP contribution is -2.25. The van der Waals surface area contributed by atoms with E-state index in [-0.39, 0.29) is 21.6 Å². The molecule has 1 aromatic carbocycles. The Morgan fingerprint density at radius 3 is 2.70 bits per heavy atom. The Balaban J connectivity index is 1.86. The van der Waals surface area contributed by atoms with Gasteiger partial charge in [0.15, 0.2) is 16.7 Å². The second kappa shape index (κ2) is 5.20. The second-order valence-corrected chi connectivity index (χ2v) is 7.25. The van der Waals surface area contributed by atoms with Crippen LogP contribution in [-0.4, -0.2) is 32.0 Å². The van der Waals surface area contributed by atoms with Gasteiger partial charge in [-0.2, -0.15) is 0 Å². The maximum absolute atomic E-state index is 12.9. The molecule has 3 rings (SSSR count). The van der Waals surface area contributed by atoms with E-state index in [0.29, 0.717) is 5.56 Å². The summed E-state index contributed by atoms with van der Waals surface area (Å²) < 4.78 is 60.0. The largest absolute Gasteiger partial charge is 0.586 e. The van der Waals surface area contributed by atoms with Gasteiger partial charge >= 0.3 is 6.29 Å². The first-order chi connectivity index (χ1) is 10.6. The Bertz CT molecular complexity index is 864. The van der Waals surface area contributed by atoms with Crippen molar-refractivity contribution >= 4 is 38.9 Å². The molecule has 11 heteroatoms. The SMILES string of the molecule is CS(=O)(=O)/N=C1\NC(=O)/C(=C\c2ccc3c(c2)OC(F)(F)O3)S1. The van der Waals surface area contributed by atoms with E-state index in [2.05, 4.69) is 19.2 Å². The van der Waals surface area contributed by atoms with Crippen molar-refractivity contribution < 1.29 is 31.5 Å². The van der Waals surface area contributed by atoms with Crippen LogP contribution >= 0.6 is 11.8 Å². The van der Waals surface area contributed by atoms with Gasteiger partial charge in [0, 0.05) is 0 Å². The molecule has 0 aromatic heterocycles. The zero-order valence-electron chi connectivity index (χ0n) is 11.4. The maximum atomic E-state index is 12.9. The molecule has 0 atom stereocenters. The molecular weight excluding hydrogens is 354 g/mol. The molecule has 2 heterocycles. The highest BCUT2D eigenvalue weighted by molar-refractivity contribution is 8.19. The normalized spacial score (nSPS) is 22.7. The minimum Gasteiger partial charge on any atom is -0.395 e. The molecule has 1 N–H and O–H groups in total. The molecule has 7 nitrogen and oxygen atoms in total. The molecule has 1 saturated heterocycles. The number of alkyl halides is 2.